The Kier molecular flexibility index (Phi) is 3.01. The van der Waals surface area contributed by atoms with Gasteiger partial charge < -0.3 is 0 Å². The molecule has 1 heterocycles. The molecular weight excluding hydrogens is 214 g/mol. The maximum atomic E-state index is 12.2. The fourth-order valence-corrected chi connectivity index (χ4v) is 2.10. The first-order chi connectivity index (χ1) is 7.99. The predicted octanol–water partition coefficient (Wildman–Crippen LogP) is 2.48. The van der Waals surface area contributed by atoms with Crippen LogP contribution in [0.4, 0.5) is 0 Å². The van der Waals surface area contributed by atoms with Crippen molar-refractivity contribution in [2.24, 2.45) is 5.41 Å². The molecule has 1 aliphatic rings. The van der Waals surface area contributed by atoms with Crippen LogP contribution in [0.2, 0.25) is 0 Å². The summed E-state index contributed by atoms with van der Waals surface area (Å²) >= 11 is 0. The molecule has 1 saturated heterocycles. The monoisotopic (exact) mass is 231 g/mol. The van der Waals surface area contributed by atoms with Crippen molar-refractivity contribution in [2.45, 2.75) is 26.7 Å². The van der Waals surface area contributed by atoms with Crippen molar-refractivity contribution < 1.29 is 9.59 Å². The van der Waals surface area contributed by atoms with Crippen molar-refractivity contribution in [3.8, 4) is 0 Å². The molecule has 0 aliphatic carbocycles. The highest BCUT2D eigenvalue weighted by molar-refractivity contribution is 6.05. The molecule has 3 nitrogen and oxygen atoms in total. The van der Waals surface area contributed by atoms with Crippen LogP contribution >= 0.6 is 0 Å². The van der Waals surface area contributed by atoms with Gasteiger partial charge in [0.25, 0.3) is 5.91 Å². The number of carbonyl (C=O) groups is 2. The maximum Gasteiger partial charge on any atom is 0.260 e. The summed E-state index contributed by atoms with van der Waals surface area (Å²) in [6.07, 6.45) is 1.32. The van der Waals surface area contributed by atoms with E-state index in [2.05, 4.69) is 13.8 Å². The third-order valence-corrected chi connectivity index (χ3v) is 3.17. The van der Waals surface area contributed by atoms with Crippen molar-refractivity contribution >= 4 is 11.8 Å². The van der Waals surface area contributed by atoms with E-state index in [0.717, 1.165) is 6.42 Å². The van der Waals surface area contributed by atoms with Crippen LogP contribution in [-0.2, 0) is 4.79 Å². The highest BCUT2D eigenvalue weighted by Crippen LogP contribution is 2.29. The minimum absolute atomic E-state index is 0.0261. The van der Waals surface area contributed by atoms with E-state index in [1.807, 2.05) is 18.2 Å². The number of carbonyl (C=O) groups excluding carboxylic acids is 2. The number of nitrogens with zero attached hydrogens (tertiary/aromatic N) is 1. The van der Waals surface area contributed by atoms with Crippen LogP contribution in [0.25, 0.3) is 0 Å². The molecule has 2 rings (SSSR count). The van der Waals surface area contributed by atoms with Crippen LogP contribution < -0.4 is 0 Å². The molecule has 0 unspecified atom stereocenters. The van der Waals surface area contributed by atoms with Gasteiger partial charge in [-0.25, -0.2) is 0 Å². The van der Waals surface area contributed by atoms with Crippen LogP contribution in [0.1, 0.15) is 37.0 Å². The normalized spacial score (nSPS) is 19.2. The van der Waals surface area contributed by atoms with E-state index in [-0.39, 0.29) is 17.2 Å². The van der Waals surface area contributed by atoms with Crippen molar-refractivity contribution in [3.63, 3.8) is 0 Å². The molecule has 17 heavy (non-hydrogen) atoms. The van der Waals surface area contributed by atoms with Crippen LogP contribution in [0.5, 0.6) is 0 Å². The van der Waals surface area contributed by atoms with Crippen LogP contribution in [-0.4, -0.2) is 23.3 Å². The zero-order chi connectivity index (χ0) is 12.5. The molecule has 0 spiro atoms. The Hall–Kier alpha value is -1.64. The number of benzene rings is 1. The lowest BCUT2D eigenvalue weighted by atomic mass is 9.83. The third kappa shape index (κ3) is 2.54. The second kappa shape index (κ2) is 4.32. The zero-order valence-electron chi connectivity index (χ0n) is 10.3. The average Bonchev–Trinajstić information content (AvgIpc) is 2.33. The Balaban J connectivity index is 2.21. The van der Waals surface area contributed by atoms with Gasteiger partial charge in [0.05, 0.1) is 0 Å². The van der Waals surface area contributed by atoms with Gasteiger partial charge in [0.2, 0.25) is 5.91 Å². The summed E-state index contributed by atoms with van der Waals surface area (Å²) in [6.45, 7) is 4.69. The van der Waals surface area contributed by atoms with Gasteiger partial charge in [-0.15, -0.1) is 0 Å². The Bertz CT molecular complexity index is 437. The molecule has 2 amide bonds. The van der Waals surface area contributed by atoms with Gasteiger partial charge in [-0.1, -0.05) is 32.0 Å². The summed E-state index contributed by atoms with van der Waals surface area (Å²) in [5, 5.41) is 0. The second-order valence-corrected chi connectivity index (χ2v) is 5.32. The number of piperidine rings is 1. The van der Waals surface area contributed by atoms with E-state index in [1.54, 1.807) is 12.1 Å². The van der Waals surface area contributed by atoms with Crippen molar-refractivity contribution in [2.75, 3.05) is 6.54 Å². The first-order valence-electron chi connectivity index (χ1n) is 5.89. The van der Waals surface area contributed by atoms with E-state index in [0.29, 0.717) is 18.5 Å². The van der Waals surface area contributed by atoms with Crippen molar-refractivity contribution in [1.82, 2.24) is 4.90 Å². The smallest absolute Gasteiger partial charge is 0.260 e. The van der Waals surface area contributed by atoms with Crippen LogP contribution in [0.15, 0.2) is 30.3 Å². The molecule has 1 aromatic rings. The van der Waals surface area contributed by atoms with Gasteiger partial charge in [-0.05, 0) is 24.0 Å². The standard InChI is InChI=1S/C14H17NO2/c1-14(2)9-8-12(16)15(10-14)13(17)11-6-4-3-5-7-11/h3-7H,8-10H2,1-2H3. The molecular formula is C14H17NO2. The summed E-state index contributed by atoms with van der Waals surface area (Å²) in [4.78, 5) is 25.4. The summed E-state index contributed by atoms with van der Waals surface area (Å²) in [6, 6.07) is 8.98. The molecule has 3 heteroatoms. The number of imide groups is 1. The SMILES string of the molecule is CC1(C)CCC(=O)N(C(=O)c2ccccc2)C1. The Morgan fingerprint density at radius 2 is 1.88 bits per heavy atom. The molecule has 90 valence electrons. The fourth-order valence-electron chi connectivity index (χ4n) is 2.10. The number of hydrogen-bond acceptors (Lipinski definition) is 2. The van der Waals surface area contributed by atoms with E-state index >= 15 is 0 Å². The first-order valence-corrected chi connectivity index (χ1v) is 5.89. The van der Waals surface area contributed by atoms with Gasteiger partial charge in [-0.2, -0.15) is 0 Å². The summed E-state index contributed by atoms with van der Waals surface area (Å²) in [5.41, 5.74) is 0.608. The fraction of sp³-hybridized carbons (Fsp3) is 0.429. The van der Waals surface area contributed by atoms with E-state index in [4.69, 9.17) is 0 Å². The lowest BCUT2D eigenvalue weighted by molar-refractivity contribution is -0.133. The summed E-state index contributed by atoms with van der Waals surface area (Å²) in [5.74, 6) is -0.235. The van der Waals surface area contributed by atoms with Gasteiger partial charge in [0.15, 0.2) is 0 Å². The lowest BCUT2D eigenvalue weighted by Gasteiger charge is -2.36. The molecule has 0 saturated carbocycles. The van der Waals surface area contributed by atoms with E-state index in [9.17, 15) is 9.59 Å². The quantitative estimate of drug-likeness (QED) is 0.696. The number of rotatable bonds is 1. The van der Waals surface area contributed by atoms with Crippen molar-refractivity contribution in [1.29, 1.82) is 0 Å². The molecule has 0 aromatic heterocycles. The first kappa shape index (κ1) is 11.8. The molecule has 0 radical (unpaired) electrons. The number of hydrogen-bond donors (Lipinski definition) is 0. The molecule has 0 N–H and O–H groups in total. The Morgan fingerprint density at radius 3 is 2.53 bits per heavy atom. The highest BCUT2D eigenvalue weighted by atomic mass is 16.2. The van der Waals surface area contributed by atoms with Gasteiger partial charge >= 0.3 is 0 Å². The number of likely N-dealkylation sites (tertiary alicyclic amines) is 1. The topological polar surface area (TPSA) is 37.4 Å². The molecule has 0 bridgehead atoms. The Labute approximate surface area is 101 Å². The van der Waals surface area contributed by atoms with Gasteiger partial charge in [0, 0.05) is 18.5 Å². The zero-order valence-corrected chi connectivity index (χ0v) is 10.3. The average molecular weight is 231 g/mol. The summed E-state index contributed by atoms with van der Waals surface area (Å²) < 4.78 is 0. The summed E-state index contributed by atoms with van der Waals surface area (Å²) in [7, 11) is 0. The van der Waals surface area contributed by atoms with Crippen LogP contribution in [0, 0.1) is 5.41 Å². The predicted molar refractivity (Wildman–Crippen MR) is 65.5 cm³/mol. The Morgan fingerprint density at radius 1 is 1.24 bits per heavy atom. The van der Waals surface area contributed by atoms with Crippen molar-refractivity contribution in [3.05, 3.63) is 35.9 Å². The second-order valence-electron chi connectivity index (χ2n) is 5.32. The molecule has 1 aliphatic heterocycles. The maximum absolute atomic E-state index is 12.2. The van der Waals surface area contributed by atoms with E-state index in [1.165, 1.54) is 4.90 Å². The molecule has 1 fully saturated rings. The van der Waals surface area contributed by atoms with Gasteiger partial charge in [-0.3, -0.25) is 14.5 Å². The molecule has 1 aromatic carbocycles. The van der Waals surface area contributed by atoms with Crippen LogP contribution in [0.3, 0.4) is 0 Å². The third-order valence-electron chi connectivity index (χ3n) is 3.17. The van der Waals surface area contributed by atoms with Gasteiger partial charge in [0.1, 0.15) is 0 Å². The minimum Gasteiger partial charge on any atom is -0.278 e. The molecule has 0 atom stereocenters. The largest absolute Gasteiger partial charge is 0.278 e. The minimum atomic E-state index is -0.177. The number of amides is 2. The highest BCUT2D eigenvalue weighted by Gasteiger charge is 2.34. The van der Waals surface area contributed by atoms with E-state index < -0.39 is 0 Å². The lowest BCUT2D eigenvalue weighted by Crippen LogP contribution is -2.47.